The standard InChI is InChI=1S/C24H19BrN2O6/c1-2-30-19-7-3-15(4-8-19)24(29)33-20-10-6-18(25)11-17(20)13-26-27-23(28)16-5-9-21-22(12-16)32-14-31-21/h3-13H,2,14H2,1H3,(H,27,28)/b26-13-. The molecule has 0 radical (unpaired) electrons. The summed E-state index contributed by atoms with van der Waals surface area (Å²) >= 11 is 3.39. The van der Waals surface area contributed by atoms with Crippen molar-refractivity contribution in [3.8, 4) is 23.0 Å². The van der Waals surface area contributed by atoms with E-state index in [0.29, 0.717) is 40.5 Å². The van der Waals surface area contributed by atoms with Gasteiger partial charge in [-0.3, -0.25) is 4.79 Å². The van der Waals surface area contributed by atoms with Gasteiger partial charge in [-0.05, 0) is 67.6 Å². The summed E-state index contributed by atoms with van der Waals surface area (Å²) in [6.07, 6.45) is 1.40. The molecule has 3 aromatic carbocycles. The minimum Gasteiger partial charge on any atom is -0.494 e. The highest BCUT2D eigenvalue weighted by Crippen LogP contribution is 2.32. The Labute approximate surface area is 198 Å². The normalized spacial score (nSPS) is 11.9. The highest BCUT2D eigenvalue weighted by atomic mass is 79.9. The van der Waals surface area contributed by atoms with E-state index in [9.17, 15) is 9.59 Å². The molecule has 0 atom stereocenters. The lowest BCUT2D eigenvalue weighted by Crippen LogP contribution is -2.17. The molecular weight excluding hydrogens is 492 g/mol. The van der Waals surface area contributed by atoms with Gasteiger partial charge >= 0.3 is 5.97 Å². The van der Waals surface area contributed by atoms with Crippen LogP contribution < -0.4 is 24.4 Å². The third-order valence-corrected chi connectivity index (χ3v) is 5.07. The van der Waals surface area contributed by atoms with Gasteiger partial charge in [-0.1, -0.05) is 15.9 Å². The Hall–Kier alpha value is -3.85. The van der Waals surface area contributed by atoms with Crippen molar-refractivity contribution in [1.29, 1.82) is 0 Å². The molecule has 1 N–H and O–H groups in total. The first-order valence-corrected chi connectivity index (χ1v) is 10.8. The summed E-state index contributed by atoms with van der Waals surface area (Å²) in [6, 6.07) is 16.6. The van der Waals surface area contributed by atoms with Gasteiger partial charge in [0.15, 0.2) is 11.5 Å². The maximum Gasteiger partial charge on any atom is 0.343 e. The minimum atomic E-state index is -0.528. The van der Waals surface area contributed by atoms with E-state index in [-0.39, 0.29) is 12.5 Å². The SMILES string of the molecule is CCOc1ccc(C(=O)Oc2ccc(Br)cc2/C=N\NC(=O)c2ccc3c(c2)OCO3)cc1. The van der Waals surface area contributed by atoms with Crippen molar-refractivity contribution in [3.63, 3.8) is 0 Å². The lowest BCUT2D eigenvalue weighted by molar-refractivity contribution is 0.0734. The smallest absolute Gasteiger partial charge is 0.343 e. The lowest BCUT2D eigenvalue weighted by atomic mass is 10.2. The molecule has 1 heterocycles. The molecule has 0 bridgehead atoms. The number of amides is 1. The van der Waals surface area contributed by atoms with Crippen LogP contribution in [-0.2, 0) is 0 Å². The van der Waals surface area contributed by atoms with Crippen molar-refractivity contribution in [3.05, 3.63) is 81.8 Å². The van der Waals surface area contributed by atoms with Crippen molar-refractivity contribution in [1.82, 2.24) is 5.43 Å². The number of benzene rings is 3. The summed E-state index contributed by atoms with van der Waals surface area (Å²) in [7, 11) is 0. The van der Waals surface area contributed by atoms with Crippen LogP contribution in [0.25, 0.3) is 0 Å². The van der Waals surface area contributed by atoms with Crippen LogP contribution in [0, 0.1) is 0 Å². The molecule has 9 heteroatoms. The minimum absolute atomic E-state index is 0.125. The van der Waals surface area contributed by atoms with Gasteiger partial charge in [0, 0.05) is 15.6 Å². The zero-order valence-corrected chi connectivity index (χ0v) is 19.1. The number of hydrazone groups is 1. The first-order chi connectivity index (χ1) is 16.0. The molecular formula is C24H19BrN2O6. The van der Waals surface area contributed by atoms with Crippen molar-refractivity contribution in [2.75, 3.05) is 13.4 Å². The maximum absolute atomic E-state index is 12.6. The predicted octanol–water partition coefficient (Wildman–Crippen LogP) is 4.56. The van der Waals surface area contributed by atoms with Crippen LogP contribution in [0.1, 0.15) is 33.2 Å². The second-order valence-electron chi connectivity index (χ2n) is 6.80. The van der Waals surface area contributed by atoms with Crippen LogP contribution in [0.4, 0.5) is 0 Å². The van der Waals surface area contributed by atoms with Crippen molar-refractivity contribution >= 4 is 34.0 Å². The first kappa shape index (κ1) is 22.3. The van der Waals surface area contributed by atoms with E-state index in [1.165, 1.54) is 6.21 Å². The third-order valence-electron chi connectivity index (χ3n) is 4.58. The highest BCUT2D eigenvalue weighted by molar-refractivity contribution is 9.10. The van der Waals surface area contributed by atoms with E-state index in [4.69, 9.17) is 18.9 Å². The van der Waals surface area contributed by atoms with Gasteiger partial charge in [0.2, 0.25) is 6.79 Å². The molecule has 0 unspecified atom stereocenters. The average Bonchev–Trinajstić information content (AvgIpc) is 3.29. The van der Waals surface area contributed by atoms with Crippen molar-refractivity contribution < 1.29 is 28.5 Å². The molecule has 0 aromatic heterocycles. The van der Waals surface area contributed by atoms with Crippen molar-refractivity contribution in [2.45, 2.75) is 6.92 Å². The second-order valence-corrected chi connectivity index (χ2v) is 7.71. The van der Waals surface area contributed by atoms with E-state index >= 15 is 0 Å². The zero-order valence-electron chi connectivity index (χ0n) is 17.5. The zero-order chi connectivity index (χ0) is 23.2. The number of ether oxygens (including phenoxy) is 4. The van der Waals surface area contributed by atoms with Gasteiger partial charge < -0.3 is 18.9 Å². The van der Waals surface area contributed by atoms with Crippen LogP contribution in [0.15, 0.2) is 70.2 Å². The quantitative estimate of drug-likeness (QED) is 0.216. The van der Waals surface area contributed by atoms with E-state index < -0.39 is 11.9 Å². The Morgan fingerprint density at radius 3 is 2.58 bits per heavy atom. The molecule has 33 heavy (non-hydrogen) atoms. The van der Waals surface area contributed by atoms with Gasteiger partial charge in [-0.2, -0.15) is 5.10 Å². The number of carbonyl (C=O) groups excluding carboxylic acids is 2. The summed E-state index contributed by atoms with van der Waals surface area (Å²) in [5.74, 6) is 1.10. The summed E-state index contributed by atoms with van der Waals surface area (Å²) in [5.41, 5.74) is 3.69. The third kappa shape index (κ3) is 5.50. The molecule has 8 nitrogen and oxygen atoms in total. The number of rotatable bonds is 7. The van der Waals surface area contributed by atoms with Gasteiger partial charge in [0.05, 0.1) is 18.4 Å². The number of esters is 1. The molecule has 1 aliphatic heterocycles. The molecule has 1 aliphatic rings. The van der Waals surface area contributed by atoms with E-state index in [1.54, 1.807) is 60.7 Å². The van der Waals surface area contributed by atoms with Crippen LogP contribution in [-0.4, -0.2) is 31.5 Å². The van der Waals surface area contributed by atoms with Gasteiger partial charge in [0.25, 0.3) is 5.91 Å². The molecule has 168 valence electrons. The van der Waals surface area contributed by atoms with Crippen LogP contribution >= 0.6 is 15.9 Å². The fraction of sp³-hybridized carbons (Fsp3) is 0.125. The first-order valence-electron chi connectivity index (χ1n) is 10.0. The maximum atomic E-state index is 12.6. The second kappa shape index (κ2) is 10.2. The van der Waals surface area contributed by atoms with Crippen LogP contribution in [0.3, 0.4) is 0 Å². The Morgan fingerprint density at radius 1 is 1.03 bits per heavy atom. The predicted molar refractivity (Wildman–Crippen MR) is 124 cm³/mol. The molecule has 0 spiro atoms. The monoisotopic (exact) mass is 510 g/mol. The molecule has 0 saturated carbocycles. The average molecular weight is 511 g/mol. The van der Waals surface area contributed by atoms with E-state index in [2.05, 4.69) is 26.5 Å². The Balaban J connectivity index is 1.44. The molecule has 1 amide bonds. The fourth-order valence-electron chi connectivity index (χ4n) is 2.99. The van der Waals surface area contributed by atoms with E-state index in [0.717, 1.165) is 4.47 Å². The van der Waals surface area contributed by atoms with Crippen LogP contribution in [0.5, 0.6) is 23.0 Å². The summed E-state index contributed by atoms with van der Waals surface area (Å²) in [4.78, 5) is 25.0. The summed E-state index contributed by atoms with van der Waals surface area (Å²) < 4.78 is 22.2. The number of hydrogen-bond donors (Lipinski definition) is 1. The molecule has 4 rings (SSSR count). The summed E-state index contributed by atoms with van der Waals surface area (Å²) in [6.45, 7) is 2.55. The molecule has 0 saturated heterocycles. The number of carbonyl (C=O) groups is 2. The fourth-order valence-corrected chi connectivity index (χ4v) is 3.37. The van der Waals surface area contributed by atoms with Gasteiger partial charge in [-0.15, -0.1) is 0 Å². The number of nitrogens with one attached hydrogen (secondary N) is 1. The molecule has 0 fully saturated rings. The number of hydrogen-bond acceptors (Lipinski definition) is 7. The number of fused-ring (bicyclic) bond motifs is 1. The Morgan fingerprint density at radius 2 is 1.79 bits per heavy atom. The van der Waals surface area contributed by atoms with Gasteiger partial charge in [-0.25, -0.2) is 10.2 Å². The molecule has 0 aliphatic carbocycles. The van der Waals surface area contributed by atoms with Gasteiger partial charge in [0.1, 0.15) is 11.5 Å². The lowest BCUT2D eigenvalue weighted by Gasteiger charge is -2.09. The van der Waals surface area contributed by atoms with E-state index in [1.807, 2.05) is 6.92 Å². The topological polar surface area (TPSA) is 95.5 Å². The van der Waals surface area contributed by atoms with Crippen LogP contribution in [0.2, 0.25) is 0 Å². The van der Waals surface area contributed by atoms with Crippen molar-refractivity contribution in [2.24, 2.45) is 5.10 Å². The number of nitrogens with zero attached hydrogens (tertiary/aromatic N) is 1. The largest absolute Gasteiger partial charge is 0.494 e. The number of halogens is 1. The Kier molecular flexibility index (Phi) is 6.89. The summed E-state index contributed by atoms with van der Waals surface area (Å²) in [5, 5.41) is 4.00. The molecule has 3 aromatic rings. The Bertz CT molecular complexity index is 1210. The highest BCUT2D eigenvalue weighted by Gasteiger charge is 2.16.